The summed E-state index contributed by atoms with van der Waals surface area (Å²) in [5.41, 5.74) is 2.46. The fourth-order valence-corrected chi connectivity index (χ4v) is 3.80. The molecule has 0 heterocycles. The van der Waals surface area contributed by atoms with E-state index in [1.165, 1.54) is 6.42 Å². The van der Waals surface area contributed by atoms with Crippen LogP contribution in [0.3, 0.4) is 0 Å². The van der Waals surface area contributed by atoms with E-state index in [2.05, 4.69) is 44.8 Å². The van der Waals surface area contributed by atoms with Crippen LogP contribution in [0.5, 0.6) is 0 Å². The summed E-state index contributed by atoms with van der Waals surface area (Å²) in [5.74, 6) is 0. The zero-order valence-corrected chi connectivity index (χ0v) is 9.02. The van der Waals surface area contributed by atoms with E-state index in [0.717, 1.165) is 5.54 Å². The van der Waals surface area contributed by atoms with Gasteiger partial charge < -0.3 is 0 Å². The zero-order chi connectivity index (χ0) is 8.48. The second-order valence-corrected chi connectivity index (χ2v) is 9.68. The quantitative estimate of drug-likeness (QED) is 0.550. The summed E-state index contributed by atoms with van der Waals surface area (Å²) in [6, 6.07) is 0. The Labute approximate surface area is 71.0 Å². The van der Waals surface area contributed by atoms with Gasteiger partial charge in [-0.25, -0.2) is 0 Å². The number of hydrogen-bond donors (Lipinski definition) is 0. The standard InChI is InChI=1S/C10H18Si/c1-5-9-7-6-8-10(9)11(2,3)4/h6-8,10H,5H2,1-4H3. The third-order valence-corrected chi connectivity index (χ3v) is 4.78. The van der Waals surface area contributed by atoms with E-state index in [1.807, 2.05) is 0 Å². The van der Waals surface area contributed by atoms with Gasteiger partial charge in [-0.3, -0.25) is 0 Å². The van der Waals surface area contributed by atoms with Crippen molar-refractivity contribution in [2.24, 2.45) is 0 Å². The Bertz CT molecular complexity index is 193. The molecule has 1 atom stereocenters. The first-order valence-electron chi connectivity index (χ1n) is 4.43. The smallest absolute Gasteiger partial charge is 0.0561 e. The zero-order valence-electron chi connectivity index (χ0n) is 8.02. The topological polar surface area (TPSA) is 0 Å². The van der Waals surface area contributed by atoms with Crippen LogP contribution in [0, 0.1) is 0 Å². The van der Waals surface area contributed by atoms with E-state index in [9.17, 15) is 0 Å². The number of allylic oxidation sites excluding steroid dienone is 4. The van der Waals surface area contributed by atoms with Gasteiger partial charge in [0.25, 0.3) is 0 Å². The molecule has 0 radical (unpaired) electrons. The van der Waals surface area contributed by atoms with Crippen LogP contribution in [-0.4, -0.2) is 8.07 Å². The van der Waals surface area contributed by atoms with Gasteiger partial charge in [-0.15, -0.1) is 0 Å². The first-order valence-corrected chi connectivity index (χ1v) is 8.00. The van der Waals surface area contributed by atoms with E-state index in [1.54, 1.807) is 5.57 Å². The monoisotopic (exact) mass is 166 g/mol. The molecule has 0 N–H and O–H groups in total. The van der Waals surface area contributed by atoms with E-state index in [4.69, 9.17) is 0 Å². The van der Waals surface area contributed by atoms with Crippen molar-refractivity contribution in [2.75, 3.05) is 0 Å². The molecule has 0 fully saturated rings. The number of rotatable bonds is 2. The largest absolute Gasteiger partial charge is 0.0801 e. The molecule has 0 aliphatic heterocycles. The normalized spacial score (nSPS) is 24.0. The van der Waals surface area contributed by atoms with Crippen molar-refractivity contribution >= 4 is 8.07 Å². The lowest BCUT2D eigenvalue weighted by Gasteiger charge is -2.25. The molecule has 0 aromatic heterocycles. The third-order valence-electron chi connectivity index (χ3n) is 2.35. The Morgan fingerprint density at radius 2 is 2.00 bits per heavy atom. The average Bonchev–Trinajstić information content (AvgIpc) is 2.31. The highest BCUT2D eigenvalue weighted by molar-refractivity contribution is 6.78. The molecule has 1 heteroatoms. The SMILES string of the molecule is CCC1=CC=CC1[Si](C)(C)C. The summed E-state index contributed by atoms with van der Waals surface area (Å²) in [6.45, 7) is 9.58. The Morgan fingerprint density at radius 3 is 2.36 bits per heavy atom. The molecule has 1 unspecified atom stereocenters. The Hall–Kier alpha value is -0.303. The fraction of sp³-hybridized carbons (Fsp3) is 0.600. The average molecular weight is 166 g/mol. The molecule has 1 rings (SSSR count). The maximum absolute atomic E-state index is 2.44. The molecule has 62 valence electrons. The van der Waals surface area contributed by atoms with Crippen molar-refractivity contribution in [1.29, 1.82) is 0 Å². The molecule has 1 aliphatic carbocycles. The Balaban J connectivity index is 2.75. The lowest BCUT2D eigenvalue weighted by molar-refractivity contribution is 1.02. The van der Waals surface area contributed by atoms with Gasteiger partial charge in [0.15, 0.2) is 0 Å². The fourth-order valence-electron chi connectivity index (χ4n) is 1.70. The van der Waals surface area contributed by atoms with Gasteiger partial charge in [0.2, 0.25) is 0 Å². The summed E-state index contributed by atoms with van der Waals surface area (Å²) >= 11 is 0. The minimum Gasteiger partial charge on any atom is -0.0801 e. The summed E-state index contributed by atoms with van der Waals surface area (Å²) in [7, 11) is -0.963. The van der Waals surface area contributed by atoms with Crippen LogP contribution in [0.4, 0.5) is 0 Å². The maximum Gasteiger partial charge on any atom is 0.0561 e. The second kappa shape index (κ2) is 2.98. The van der Waals surface area contributed by atoms with Crippen LogP contribution in [0.25, 0.3) is 0 Å². The van der Waals surface area contributed by atoms with Gasteiger partial charge in [0.05, 0.1) is 8.07 Å². The maximum atomic E-state index is 2.44. The van der Waals surface area contributed by atoms with Crippen LogP contribution >= 0.6 is 0 Å². The summed E-state index contributed by atoms with van der Waals surface area (Å²) in [6.07, 6.45) is 8.12. The lowest BCUT2D eigenvalue weighted by atomic mass is 10.2. The van der Waals surface area contributed by atoms with Crippen LogP contribution in [0.2, 0.25) is 25.2 Å². The molecule has 0 spiro atoms. The summed E-state index contributed by atoms with van der Waals surface area (Å²) < 4.78 is 0. The molecule has 1 aliphatic rings. The van der Waals surface area contributed by atoms with Gasteiger partial charge in [-0.05, 0) is 12.0 Å². The minimum absolute atomic E-state index is 0.812. The molecule has 0 aromatic rings. The molecule has 0 aromatic carbocycles. The van der Waals surface area contributed by atoms with Crippen molar-refractivity contribution in [3.63, 3.8) is 0 Å². The first-order chi connectivity index (χ1) is 5.05. The van der Waals surface area contributed by atoms with Crippen LogP contribution in [-0.2, 0) is 0 Å². The summed E-state index contributed by atoms with van der Waals surface area (Å²) in [5, 5.41) is 0. The highest BCUT2D eigenvalue weighted by Gasteiger charge is 2.28. The van der Waals surface area contributed by atoms with Gasteiger partial charge in [0.1, 0.15) is 0 Å². The van der Waals surface area contributed by atoms with Gasteiger partial charge in [0, 0.05) is 0 Å². The van der Waals surface area contributed by atoms with Crippen molar-refractivity contribution in [2.45, 2.75) is 38.5 Å². The van der Waals surface area contributed by atoms with Gasteiger partial charge in [-0.1, -0.05) is 50.4 Å². The van der Waals surface area contributed by atoms with Crippen molar-refractivity contribution in [3.05, 3.63) is 23.8 Å². The van der Waals surface area contributed by atoms with Gasteiger partial charge in [-0.2, -0.15) is 0 Å². The molecule has 0 saturated carbocycles. The van der Waals surface area contributed by atoms with Crippen molar-refractivity contribution < 1.29 is 0 Å². The lowest BCUT2D eigenvalue weighted by Crippen LogP contribution is -2.27. The highest BCUT2D eigenvalue weighted by atomic mass is 28.3. The molecular weight excluding hydrogens is 148 g/mol. The first kappa shape index (κ1) is 8.79. The molecule has 0 amide bonds. The molecular formula is C10H18Si. The second-order valence-electron chi connectivity index (χ2n) is 4.32. The Kier molecular flexibility index (Phi) is 2.38. The van der Waals surface area contributed by atoms with Crippen molar-refractivity contribution in [3.8, 4) is 0 Å². The highest BCUT2D eigenvalue weighted by Crippen LogP contribution is 2.36. The van der Waals surface area contributed by atoms with Crippen molar-refractivity contribution in [1.82, 2.24) is 0 Å². The predicted octanol–water partition coefficient (Wildman–Crippen LogP) is 3.60. The molecule has 0 saturated heterocycles. The molecule has 0 nitrogen and oxygen atoms in total. The molecule has 0 bridgehead atoms. The van der Waals surface area contributed by atoms with E-state index in [-0.39, 0.29) is 0 Å². The molecule has 11 heavy (non-hydrogen) atoms. The minimum atomic E-state index is -0.963. The van der Waals surface area contributed by atoms with E-state index >= 15 is 0 Å². The summed E-state index contributed by atoms with van der Waals surface area (Å²) in [4.78, 5) is 0. The van der Waals surface area contributed by atoms with Crippen LogP contribution < -0.4 is 0 Å². The number of hydrogen-bond acceptors (Lipinski definition) is 0. The van der Waals surface area contributed by atoms with Crippen LogP contribution in [0.15, 0.2) is 23.8 Å². The third kappa shape index (κ3) is 1.83. The van der Waals surface area contributed by atoms with Crippen LogP contribution in [0.1, 0.15) is 13.3 Å². The predicted molar refractivity (Wildman–Crippen MR) is 54.6 cm³/mol. The van der Waals surface area contributed by atoms with E-state index < -0.39 is 8.07 Å². The van der Waals surface area contributed by atoms with E-state index in [0.29, 0.717) is 0 Å². The Morgan fingerprint density at radius 1 is 1.36 bits per heavy atom. The van der Waals surface area contributed by atoms with Gasteiger partial charge >= 0.3 is 0 Å².